The van der Waals surface area contributed by atoms with E-state index in [1.165, 1.54) is 6.20 Å². The molecule has 5 nitrogen and oxygen atoms in total. The number of hydrogen-bond donors (Lipinski definition) is 2. The quantitative estimate of drug-likeness (QED) is 0.902. The highest BCUT2D eigenvalue weighted by Crippen LogP contribution is 2.24. The Balaban J connectivity index is 1.96. The van der Waals surface area contributed by atoms with Gasteiger partial charge in [0.15, 0.2) is 5.69 Å². The van der Waals surface area contributed by atoms with Gasteiger partial charge in [-0.25, -0.2) is 9.78 Å². The van der Waals surface area contributed by atoms with Gasteiger partial charge in [0.25, 0.3) is 5.91 Å². The van der Waals surface area contributed by atoms with Gasteiger partial charge in [-0.3, -0.25) is 4.79 Å². The van der Waals surface area contributed by atoms with Crippen molar-refractivity contribution >= 4 is 11.9 Å². The van der Waals surface area contributed by atoms with Gasteiger partial charge < -0.3 is 10.4 Å². The molecule has 0 atom stereocenters. The molecular weight excluding hydrogens is 268 g/mol. The van der Waals surface area contributed by atoms with E-state index in [1.54, 1.807) is 36.4 Å². The molecule has 1 aliphatic carbocycles. The van der Waals surface area contributed by atoms with Crippen LogP contribution < -0.4 is 5.32 Å². The fraction of sp³-hybridized carbons (Fsp3) is 0.188. The largest absolute Gasteiger partial charge is 0.476 e. The lowest BCUT2D eigenvalue weighted by Crippen LogP contribution is -2.25. The summed E-state index contributed by atoms with van der Waals surface area (Å²) in [7, 11) is 0. The summed E-state index contributed by atoms with van der Waals surface area (Å²) in [5, 5.41) is 12.1. The van der Waals surface area contributed by atoms with Crippen molar-refractivity contribution in [3.8, 4) is 11.1 Å². The zero-order chi connectivity index (χ0) is 14.8. The molecule has 106 valence electrons. The average Bonchev–Trinajstić information content (AvgIpc) is 3.31. The second-order valence-electron chi connectivity index (χ2n) is 5.03. The molecule has 0 saturated heterocycles. The number of carboxylic acids is 1. The van der Waals surface area contributed by atoms with Gasteiger partial charge in [-0.05, 0) is 36.6 Å². The maximum atomic E-state index is 12.1. The molecular formula is C16H14N2O3. The molecule has 0 radical (unpaired) electrons. The fourth-order valence-electron chi connectivity index (χ4n) is 2.13. The number of carboxylic acid groups (broad SMARTS) is 1. The van der Waals surface area contributed by atoms with Gasteiger partial charge >= 0.3 is 5.97 Å². The van der Waals surface area contributed by atoms with Gasteiger partial charge in [0, 0.05) is 23.4 Å². The number of carbonyl (C=O) groups is 2. The second kappa shape index (κ2) is 5.36. The molecule has 1 aromatic heterocycles. The van der Waals surface area contributed by atoms with Crippen LogP contribution in [0.25, 0.3) is 11.1 Å². The zero-order valence-electron chi connectivity index (χ0n) is 11.2. The second-order valence-corrected chi connectivity index (χ2v) is 5.03. The van der Waals surface area contributed by atoms with Crippen LogP contribution in [0.4, 0.5) is 0 Å². The summed E-state index contributed by atoms with van der Waals surface area (Å²) in [6, 6.07) is 10.6. The molecule has 3 rings (SSSR count). The molecule has 1 heterocycles. The lowest BCUT2D eigenvalue weighted by molar-refractivity contribution is 0.0691. The van der Waals surface area contributed by atoms with Gasteiger partial charge in [-0.15, -0.1) is 0 Å². The van der Waals surface area contributed by atoms with Crippen LogP contribution >= 0.6 is 0 Å². The Morgan fingerprint density at radius 3 is 2.71 bits per heavy atom. The molecule has 0 aliphatic heterocycles. The lowest BCUT2D eigenvalue weighted by Gasteiger charge is -2.08. The maximum absolute atomic E-state index is 12.1. The number of amides is 1. The number of nitrogens with one attached hydrogen (secondary N) is 1. The summed E-state index contributed by atoms with van der Waals surface area (Å²) in [5.74, 6) is -1.21. The number of aromatic nitrogens is 1. The van der Waals surface area contributed by atoms with Crippen molar-refractivity contribution in [1.82, 2.24) is 10.3 Å². The van der Waals surface area contributed by atoms with Crippen molar-refractivity contribution < 1.29 is 14.7 Å². The van der Waals surface area contributed by atoms with E-state index < -0.39 is 5.97 Å². The number of nitrogens with zero attached hydrogens (tertiary/aromatic N) is 1. The molecule has 1 amide bonds. The Hall–Kier alpha value is -2.69. The first kappa shape index (κ1) is 13.3. The SMILES string of the molecule is O=C(NC1CC1)c1cccc(-c2cccnc2C(=O)O)c1. The van der Waals surface area contributed by atoms with Crippen LogP contribution in [0.5, 0.6) is 0 Å². The lowest BCUT2D eigenvalue weighted by atomic mass is 10.0. The molecule has 2 aromatic rings. The Labute approximate surface area is 121 Å². The van der Waals surface area contributed by atoms with Crippen LogP contribution in [0.2, 0.25) is 0 Å². The molecule has 1 fully saturated rings. The number of pyridine rings is 1. The van der Waals surface area contributed by atoms with Gasteiger partial charge in [0.1, 0.15) is 0 Å². The molecule has 0 bridgehead atoms. The third-order valence-corrected chi connectivity index (χ3v) is 3.36. The highest BCUT2D eigenvalue weighted by atomic mass is 16.4. The standard InChI is InChI=1S/C16H14N2O3/c19-15(18-12-6-7-12)11-4-1-3-10(9-11)13-5-2-8-17-14(13)16(20)21/h1-5,8-9,12H,6-7H2,(H,18,19)(H,20,21). The number of hydrogen-bond acceptors (Lipinski definition) is 3. The van der Waals surface area contributed by atoms with Crippen molar-refractivity contribution in [3.05, 3.63) is 53.9 Å². The minimum atomic E-state index is -1.08. The Bertz CT molecular complexity index is 708. The van der Waals surface area contributed by atoms with Crippen LogP contribution in [0, 0.1) is 0 Å². The summed E-state index contributed by atoms with van der Waals surface area (Å²) in [5.41, 5.74) is 1.69. The van der Waals surface area contributed by atoms with E-state index in [-0.39, 0.29) is 17.6 Å². The fourth-order valence-corrected chi connectivity index (χ4v) is 2.13. The number of rotatable bonds is 4. The van der Waals surface area contributed by atoms with Crippen molar-refractivity contribution in [2.45, 2.75) is 18.9 Å². The number of carbonyl (C=O) groups excluding carboxylic acids is 1. The minimum Gasteiger partial charge on any atom is -0.476 e. The van der Waals surface area contributed by atoms with Crippen molar-refractivity contribution in [1.29, 1.82) is 0 Å². The first-order valence-electron chi connectivity index (χ1n) is 6.75. The van der Waals surface area contributed by atoms with Crippen LogP contribution in [0.1, 0.15) is 33.7 Å². The number of benzene rings is 1. The Kier molecular flexibility index (Phi) is 3.39. The Morgan fingerprint density at radius 1 is 1.19 bits per heavy atom. The maximum Gasteiger partial charge on any atom is 0.355 e. The summed E-state index contributed by atoms with van der Waals surface area (Å²) >= 11 is 0. The molecule has 1 saturated carbocycles. The third-order valence-electron chi connectivity index (χ3n) is 3.36. The van der Waals surface area contributed by atoms with Crippen molar-refractivity contribution in [2.24, 2.45) is 0 Å². The molecule has 1 aliphatic rings. The number of aromatic carboxylic acids is 1. The normalized spacial score (nSPS) is 13.7. The van der Waals surface area contributed by atoms with Gasteiger partial charge in [0.05, 0.1) is 0 Å². The summed E-state index contributed by atoms with van der Waals surface area (Å²) < 4.78 is 0. The van der Waals surface area contributed by atoms with E-state index in [1.807, 2.05) is 0 Å². The van der Waals surface area contributed by atoms with E-state index in [4.69, 9.17) is 0 Å². The van der Waals surface area contributed by atoms with Crippen LogP contribution in [-0.4, -0.2) is 28.0 Å². The average molecular weight is 282 g/mol. The van der Waals surface area contributed by atoms with Crippen LogP contribution in [0.15, 0.2) is 42.6 Å². The molecule has 5 heteroatoms. The molecule has 2 N–H and O–H groups in total. The van der Waals surface area contributed by atoms with Gasteiger partial charge in [-0.2, -0.15) is 0 Å². The summed E-state index contributed by atoms with van der Waals surface area (Å²) in [6.45, 7) is 0. The van der Waals surface area contributed by atoms with E-state index >= 15 is 0 Å². The van der Waals surface area contributed by atoms with Crippen molar-refractivity contribution in [2.75, 3.05) is 0 Å². The Morgan fingerprint density at radius 2 is 2.00 bits per heavy atom. The minimum absolute atomic E-state index is 0.0164. The van der Waals surface area contributed by atoms with E-state index in [0.29, 0.717) is 16.7 Å². The van der Waals surface area contributed by atoms with Gasteiger partial charge in [0.2, 0.25) is 0 Å². The predicted molar refractivity (Wildman–Crippen MR) is 77.1 cm³/mol. The van der Waals surface area contributed by atoms with E-state index in [0.717, 1.165) is 12.8 Å². The van der Waals surface area contributed by atoms with E-state index in [9.17, 15) is 14.7 Å². The van der Waals surface area contributed by atoms with Gasteiger partial charge in [-0.1, -0.05) is 18.2 Å². The summed E-state index contributed by atoms with van der Waals surface area (Å²) in [4.78, 5) is 27.2. The highest BCUT2D eigenvalue weighted by Gasteiger charge is 2.24. The molecule has 21 heavy (non-hydrogen) atoms. The van der Waals surface area contributed by atoms with Crippen molar-refractivity contribution in [3.63, 3.8) is 0 Å². The molecule has 1 aromatic carbocycles. The van der Waals surface area contributed by atoms with E-state index in [2.05, 4.69) is 10.3 Å². The monoisotopic (exact) mass is 282 g/mol. The van der Waals surface area contributed by atoms with Crippen LogP contribution in [-0.2, 0) is 0 Å². The highest BCUT2D eigenvalue weighted by molar-refractivity contribution is 5.98. The third kappa shape index (κ3) is 2.91. The topological polar surface area (TPSA) is 79.3 Å². The first-order valence-corrected chi connectivity index (χ1v) is 6.75. The first-order chi connectivity index (χ1) is 10.1. The molecule has 0 spiro atoms. The smallest absolute Gasteiger partial charge is 0.355 e. The van der Waals surface area contributed by atoms with Crippen LogP contribution in [0.3, 0.4) is 0 Å². The zero-order valence-corrected chi connectivity index (χ0v) is 11.2. The summed E-state index contributed by atoms with van der Waals surface area (Å²) in [6.07, 6.45) is 3.49. The predicted octanol–water partition coefficient (Wildman–Crippen LogP) is 2.34. The molecule has 0 unspecified atom stereocenters.